The number of rotatable bonds is 8. The van der Waals surface area contributed by atoms with Crippen molar-refractivity contribution >= 4 is 10.2 Å². The minimum absolute atomic E-state index is 0.0593. The Labute approximate surface area is 121 Å². The molecule has 118 valence electrons. The number of nitrogens with one attached hydrogen (secondary N) is 1. The normalized spacial score (nSPS) is 26.6. The van der Waals surface area contributed by atoms with Crippen LogP contribution in [0, 0.1) is 11.3 Å². The highest BCUT2D eigenvalue weighted by Crippen LogP contribution is 2.48. The van der Waals surface area contributed by atoms with Gasteiger partial charge in [-0.3, -0.25) is 0 Å². The standard InChI is InChI=1S/C13H26N2O4S/c1-19-8-6-13(4-5-13)11-14-20(17,18)15-7-2-3-12(9-15)10-16/h12,14,16H,2-11H2,1H3. The predicted molar refractivity (Wildman–Crippen MR) is 76.5 cm³/mol. The van der Waals surface area contributed by atoms with Crippen molar-refractivity contribution in [2.75, 3.05) is 40.0 Å². The summed E-state index contributed by atoms with van der Waals surface area (Å²) < 4.78 is 33.9. The van der Waals surface area contributed by atoms with Crippen molar-refractivity contribution in [1.29, 1.82) is 0 Å². The molecule has 0 spiro atoms. The van der Waals surface area contributed by atoms with Gasteiger partial charge in [-0.25, -0.2) is 4.72 Å². The van der Waals surface area contributed by atoms with E-state index in [1.54, 1.807) is 7.11 Å². The number of hydrogen-bond acceptors (Lipinski definition) is 4. The van der Waals surface area contributed by atoms with Crippen LogP contribution in [0.2, 0.25) is 0 Å². The summed E-state index contributed by atoms with van der Waals surface area (Å²) in [5.41, 5.74) is 0.106. The highest BCUT2D eigenvalue weighted by atomic mass is 32.2. The first-order valence-electron chi connectivity index (χ1n) is 7.36. The van der Waals surface area contributed by atoms with Crippen LogP contribution in [0.5, 0.6) is 0 Å². The Hall–Kier alpha value is -0.210. The van der Waals surface area contributed by atoms with E-state index in [2.05, 4.69) is 4.72 Å². The summed E-state index contributed by atoms with van der Waals surface area (Å²) in [6.45, 7) is 2.22. The summed E-state index contributed by atoms with van der Waals surface area (Å²) in [6.07, 6.45) is 4.77. The van der Waals surface area contributed by atoms with Crippen molar-refractivity contribution in [3.05, 3.63) is 0 Å². The van der Waals surface area contributed by atoms with Gasteiger partial charge in [-0.05, 0) is 43.4 Å². The highest BCUT2D eigenvalue weighted by Gasteiger charge is 2.43. The number of piperidine rings is 1. The van der Waals surface area contributed by atoms with Crippen molar-refractivity contribution in [1.82, 2.24) is 9.03 Å². The molecule has 2 aliphatic rings. The highest BCUT2D eigenvalue weighted by molar-refractivity contribution is 7.87. The molecule has 2 rings (SSSR count). The van der Waals surface area contributed by atoms with Crippen LogP contribution < -0.4 is 4.72 Å². The maximum atomic E-state index is 12.3. The van der Waals surface area contributed by atoms with Gasteiger partial charge < -0.3 is 9.84 Å². The fourth-order valence-electron chi connectivity index (χ4n) is 2.74. The minimum atomic E-state index is -3.41. The van der Waals surface area contributed by atoms with Gasteiger partial charge in [-0.2, -0.15) is 12.7 Å². The molecule has 1 saturated carbocycles. The van der Waals surface area contributed by atoms with E-state index >= 15 is 0 Å². The molecular formula is C13H26N2O4S. The summed E-state index contributed by atoms with van der Waals surface area (Å²) in [5, 5.41) is 9.19. The fraction of sp³-hybridized carbons (Fsp3) is 1.00. The number of hydrogen-bond donors (Lipinski definition) is 2. The Morgan fingerprint density at radius 1 is 1.45 bits per heavy atom. The topological polar surface area (TPSA) is 78.9 Å². The molecule has 0 amide bonds. The fourth-order valence-corrected chi connectivity index (χ4v) is 4.19. The third-order valence-electron chi connectivity index (χ3n) is 4.50. The van der Waals surface area contributed by atoms with Crippen LogP contribution in [-0.2, 0) is 14.9 Å². The van der Waals surface area contributed by atoms with E-state index in [-0.39, 0.29) is 17.9 Å². The summed E-state index contributed by atoms with van der Waals surface area (Å²) in [6, 6.07) is 0. The molecule has 1 heterocycles. The maximum Gasteiger partial charge on any atom is 0.279 e. The van der Waals surface area contributed by atoms with E-state index in [0.717, 1.165) is 32.1 Å². The Morgan fingerprint density at radius 3 is 2.80 bits per heavy atom. The van der Waals surface area contributed by atoms with Gasteiger partial charge in [0.1, 0.15) is 0 Å². The Kier molecular flexibility index (Phi) is 5.42. The third kappa shape index (κ3) is 4.14. The zero-order valence-corrected chi connectivity index (χ0v) is 13.0. The first kappa shape index (κ1) is 16.2. The molecule has 1 atom stereocenters. The van der Waals surface area contributed by atoms with Gasteiger partial charge in [0, 0.05) is 40.0 Å². The lowest BCUT2D eigenvalue weighted by molar-refractivity contribution is 0.163. The van der Waals surface area contributed by atoms with Gasteiger partial charge in [-0.1, -0.05) is 0 Å². The van der Waals surface area contributed by atoms with Gasteiger partial charge in [0.05, 0.1) is 0 Å². The van der Waals surface area contributed by atoms with Crippen LogP contribution in [0.15, 0.2) is 0 Å². The molecule has 1 unspecified atom stereocenters. The van der Waals surface area contributed by atoms with Crippen LogP contribution in [0.25, 0.3) is 0 Å². The summed E-state index contributed by atoms with van der Waals surface area (Å²) in [7, 11) is -1.74. The van der Waals surface area contributed by atoms with Crippen molar-refractivity contribution in [3.8, 4) is 0 Å². The molecule has 0 bridgehead atoms. The first-order valence-corrected chi connectivity index (χ1v) is 8.80. The lowest BCUT2D eigenvalue weighted by Gasteiger charge is -2.31. The van der Waals surface area contributed by atoms with Crippen LogP contribution in [0.4, 0.5) is 0 Å². The van der Waals surface area contributed by atoms with E-state index in [1.807, 2.05) is 0 Å². The lowest BCUT2D eigenvalue weighted by atomic mass is 10.0. The number of nitrogens with zero attached hydrogens (tertiary/aromatic N) is 1. The van der Waals surface area contributed by atoms with Crippen LogP contribution in [-0.4, -0.2) is 57.8 Å². The van der Waals surface area contributed by atoms with Crippen molar-refractivity contribution in [2.24, 2.45) is 11.3 Å². The van der Waals surface area contributed by atoms with Gasteiger partial charge in [0.15, 0.2) is 0 Å². The number of aliphatic hydroxyl groups is 1. The lowest BCUT2D eigenvalue weighted by Crippen LogP contribution is -2.47. The van der Waals surface area contributed by atoms with Gasteiger partial charge in [0.2, 0.25) is 0 Å². The second-order valence-corrected chi connectivity index (χ2v) is 7.87. The zero-order chi connectivity index (χ0) is 14.6. The van der Waals surface area contributed by atoms with Gasteiger partial charge >= 0.3 is 0 Å². The Morgan fingerprint density at radius 2 is 2.20 bits per heavy atom. The second-order valence-electron chi connectivity index (χ2n) is 6.12. The molecule has 1 saturated heterocycles. The Bertz CT molecular complexity index is 409. The van der Waals surface area contributed by atoms with Crippen LogP contribution in [0.3, 0.4) is 0 Å². The molecule has 0 radical (unpaired) electrons. The number of ether oxygens (including phenoxy) is 1. The molecular weight excluding hydrogens is 280 g/mol. The molecule has 0 aromatic heterocycles. The van der Waals surface area contributed by atoms with Crippen molar-refractivity contribution in [2.45, 2.75) is 32.1 Å². The smallest absolute Gasteiger partial charge is 0.279 e. The van der Waals surface area contributed by atoms with Crippen molar-refractivity contribution < 1.29 is 18.3 Å². The summed E-state index contributed by atoms with van der Waals surface area (Å²) in [4.78, 5) is 0. The summed E-state index contributed by atoms with van der Waals surface area (Å²) in [5.74, 6) is 0.0729. The van der Waals surface area contributed by atoms with E-state index < -0.39 is 10.2 Å². The third-order valence-corrected chi connectivity index (χ3v) is 6.02. The second kappa shape index (κ2) is 6.70. The molecule has 7 heteroatoms. The largest absolute Gasteiger partial charge is 0.396 e. The van der Waals surface area contributed by atoms with Gasteiger partial charge in [0.25, 0.3) is 10.2 Å². The number of methoxy groups -OCH3 is 1. The average Bonchev–Trinajstić information content (AvgIpc) is 3.24. The first-order chi connectivity index (χ1) is 9.51. The molecule has 20 heavy (non-hydrogen) atoms. The Balaban J connectivity index is 1.84. The van der Waals surface area contributed by atoms with Crippen LogP contribution >= 0.6 is 0 Å². The predicted octanol–water partition coefficient (Wildman–Crippen LogP) is 0.342. The molecule has 1 aliphatic carbocycles. The van der Waals surface area contributed by atoms with Gasteiger partial charge in [-0.15, -0.1) is 0 Å². The molecule has 2 N–H and O–H groups in total. The van der Waals surface area contributed by atoms with E-state index in [1.165, 1.54) is 4.31 Å². The molecule has 0 aromatic carbocycles. The number of aliphatic hydroxyl groups excluding tert-OH is 1. The minimum Gasteiger partial charge on any atom is -0.396 e. The quantitative estimate of drug-likeness (QED) is 0.678. The molecule has 2 fully saturated rings. The summed E-state index contributed by atoms with van der Waals surface area (Å²) >= 11 is 0. The zero-order valence-electron chi connectivity index (χ0n) is 12.2. The van der Waals surface area contributed by atoms with Crippen molar-refractivity contribution in [3.63, 3.8) is 0 Å². The molecule has 0 aromatic rings. The SMILES string of the molecule is COCCC1(CNS(=O)(=O)N2CCCC(CO)C2)CC1. The van der Waals surface area contributed by atoms with Crippen LogP contribution in [0.1, 0.15) is 32.1 Å². The average molecular weight is 306 g/mol. The van der Waals surface area contributed by atoms with E-state index in [0.29, 0.717) is 26.2 Å². The molecule has 1 aliphatic heterocycles. The van der Waals surface area contributed by atoms with E-state index in [4.69, 9.17) is 4.74 Å². The molecule has 6 nitrogen and oxygen atoms in total. The maximum absolute atomic E-state index is 12.3. The monoisotopic (exact) mass is 306 g/mol. The van der Waals surface area contributed by atoms with E-state index in [9.17, 15) is 13.5 Å².